The van der Waals surface area contributed by atoms with Crippen molar-refractivity contribution in [2.75, 3.05) is 5.32 Å². The van der Waals surface area contributed by atoms with E-state index in [4.69, 9.17) is 9.84 Å². The minimum atomic E-state index is -0.646. The molecule has 2 N–H and O–H groups in total. The summed E-state index contributed by atoms with van der Waals surface area (Å²) in [5.74, 6) is 0.312. The smallest absolute Gasteiger partial charge is 0.266 e. The highest BCUT2D eigenvalue weighted by Crippen LogP contribution is 2.20. The van der Waals surface area contributed by atoms with E-state index in [1.54, 1.807) is 37.4 Å². The van der Waals surface area contributed by atoms with Gasteiger partial charge in [0.25, 0.3) is 5.91 Å². The van der Waals surface area contributed by atoms with E-state index in [9.17, 15) is 4.79 Å². The Labute approximate surface area is 134 Å². The van der Waals surface area contributed by atoms with Crippen LogP contribution in [0.5, 0.6) is 5.75 Å². The number of carbonyl (C=O) groups is 1. The zero-order chi connectivity index (χ0) is 15.9. The van der Waals surface area contributed by atoms with E-state index in [1.807, 2.05) is 0 Å². The lowest BCUT2D eigenvalue weighted by molar-refractivity contribution is -0.122. The van der Waals surface area contributed by atoms with E-state index in [0.717, 1.165) is 23.3 Å². The second-order valence-electron chi connectivity index (χ2n) is 4.94. The minimum Gasteiger partial charge on any atom is -0.481 e. The zero-order valence-electron chi connectivity index (χ0n) is 12.7. The van der Waals surface area contributed by atoms with Gasteiger partial charge in [0.1, 0.15) is 5.75 Å². The van der Waals surface area contributed by atoms with Gasteiger partial charge in [-0.1, -0.05) is 25.5 Å². The number of aliphatic hydroxyl groups is 1. The average Bonchev–Trinajstić information content (AvgIpc) is 2.95. The molecule has 0 spiro atoms. The van der Waals surface area contributed by atoms with Crippen LogP contribution in [0.1, 0.15) is 30.7 Å². The number of anilines is 1. The van der Waals surface area contributed by atoms with Crippen molar-refractivity contribution in [1.82, 2.24) is 4.98 Å². The maximum atomic E-state index is 12.1. The van der Waals surface area contributed by atoms with E-state index in [-0.39, 0.29) is 12.5 Å². The Bertz CT molecular complexity index is 627. The fraction of sp³-hybridized carbons (Fsp3) is 0.375. The number of nitrogens with zero attached hydrogens (tertiary/aromatic N) is 1. The molecular weight excluding hydrogens is 300 g/mol. The Hall–Kier alpha value is -1.92. The number of hydrogen-bond acceptors (Lipinski definition) is 5. The van der Waals surface area contributed by atoms with Gasteiger partial charge in [0.2, 0.25) is 0 Å². The van der Waals surface area contributed by atoms with Crippen molar-refractivity contribution in [1.29, 1.82) is 0 Å². The van der Waals surface area contributed by atoms with Crippen LogP contribution in [0.2, 0.25) is 0 Å². The zero-order valence-corrected chi connectivity index (χ0v) is 13.5. The molecule has 0 fully saturated rings. The maximum Gasteiger partial charge on any atom is 0.266 e. The number of hydrogen-bond donors (Lipinski definition) is 2. The van der Waals surface area contributed by atoms with Crippen molar-refractivity contribution in [3.8, 4) is 5.75 Å². The normalized spacial score (nSPS) is 12.0. The second-order valence-corrected chi connectivity index (χ2v) is 6.05. The highest BCUT2D eigenvalue weighted by molar-refractivity contribution is 7.15. The molecule has 118 valence electrons. The molecule has 0 radical (unpaired) electrons. The van der Waals surface area contributed by atoms with Gasteiger partial charge in [0.15, 0.2) is 11.2 Å². The number of amides is 1. The van der Waals surface area contributed by atoms with Crippen molar-refractivity contribution in [2.24, 2.45) is 0 Å². The predicted molar refractivity (Wildman–Crippen MR) is 87.2 cm³/mol. The molecule has 5 nitrogen and oxygen atoms in total. The molecule has 0 aliphatic carbocycles. The number of thiazole rings is 1. The van der Waals surface area contributed by atoms with E-state index in [1.165, 1.54) is 11.3 Å². The molecule has 1 heterocycles. The van der Waals surface area contributed by atoms with Gasteiger partial charge in [-0.25, -0.2) is 4.98 Å². The average molecular weight is 320 g/mol. The monoisotopic (exact) mass is 320 g/mol. The molecule has 6 heteroatoms. The van der Waals surface area contributed by atoms with Crippen LogP contribution in [-0.4, -0.2) is 22.1 Å². The van der Waals surface area contributed by atoms with Gasteiger partial charge in [-0.2, -0.15) is 0 Å². The lowest BCUT2D eigenvalue weighted by atomic mass is 10.2. The third-order valence-corrected chi connectivity index (χ3v) is 4.02. The van der Waals surface area contributed by atoms with E-state index in [0.29, 0.717) is 10.9 Å². The van der Waals surface area contributed by atoms with Crippen LogP contribution in [0.25, 0.3) is 0 Å². The van der Waals surface area contributed by atoms with Gasteiger partial charge < -0.3 is 9.84 Å². The first kappa shape index (κ1) is 16.5. The largest absolute Gasteiger partial charge is 0.481 e. The standard InChI is InChI=1S/C16H20N2O3S/c1-3-5-14-9-17-16(22-14)18-15(20)11(2)21-13-7-4-6-12(8-13)10-19/h4,6-9,11,19H,3,5,10H2,1-2H3,(H,17,18,20). The first-order valence-electron chi connectivity index (χ1n) is 7.24. The summed E-state index contributed by atoms with van der Waals surface area (Å²) in [6.45, 7) is 3.73. The fourth-order valence-corrected chi connectivity index (χ4v) is 2.83. The maximum absolute atomic E-state index is 12.1. The quantitative estimate of drug-likeness (QED) is 0.822. The first-order valence-corrected chi connectivity index (χ1v) is 8.06. The summed E-state index contributed by atoms with van der Waals surface area (Å²) in [4.78, 5) is 17.5. The Balaban J connectivity index is 1.93. The third kappa shape index (κ3) is 4.54. The van der Waals surface area contributed by atoms with Crippen molar-refractivity contribution in [2.45, 2.75) is 39.4 Å². The predicted octanol–water partition coefficient (Wildman–Crippen LogP) is 2.99. The first-order chi connectivity index (χ1) is 10.6. The van der Waals surface area contributed by atoms with Crippen LogP contribution in [0.4, 0.5) is 5.13 Å². The summed E-state index contributed by atoms with van der Waals surface area (Å²) in [5, 5.41) is 12.5. The summed E-state index contributed by atoms with van der Waals surface area (Å²) >= 11 is 1.48. The Morgan fingerprint density at radius 1 is 1.50 bits per heavy atom. The van der Waals surface area contributed by atoms with E-state index in [2.05, 4.69) is 17.2 Å². The second kappa shape index (κ2) is 7.91. The molecule has 1 unspecified atom stereocenters. The molecule has 1 aromatic heterocycles. The van der Waals surface area contributed by atoms with E-state index >= 15 is 0 Å². The highest BCUT2D eigenvalue weighted by Gasteiger charge is 2.16. The SMILES string of the molecule is CCCc1cnc(NC(=O)C(C)Oc2cccc(CO)c2)s1. The highest BCUT2D eigenvalue weighted by atomic mass is 32.1. The van der Waals surface area contributed by atoms with Gasteiger partial charge in [-0.3, -0.25) is 10.1 Å². The Morgan fingerprint density at radius 3 is 3.05 bits per heavy atom. The number of aromatic nitrogens is 1. The van der Waals surface area contributed by atoms with Crippen LogP contribution < -0.4 is 10.1 Å². The summed E-state index contributed by atoms with van der Waals surface area (Å²) in [5.41, 5.74) is 0.745. The fourth-order valence-electron chi connectivity index (χ4n) is 1.91. The molecule has 0 aliphatic rings. The van der Waals surface area contributed by atoms with Gasteiger partial charge in [0.05, 0.1) is 6.61 Å². The molecule has 2 rings (SSSR count). The number of benzene rings is 1. The minimum absolute atomic E-state index is 0.0584. The molecule has 22 heavy (non-hydrogen) atoms. The summed E-state index contributed by atoms with van der Waals surface area (Å²) < 4.78 is 5.60. The van der Waals surface area contributed by atoms with Crippen LogP contribution in [-0.2, 0) is 17.8 Å². The molecule has 0 saturated heterocycles. The molecule has 1 aromatic carbocycles. The number of aryl methyl sites for hydroxylation is 1. The molecule has 0 aliphatic heterocycles. The number of rotatable bonds is 7. The summed E-state index contributed by atoms with van der Waals surface area (Å²) in [7, 11) is 0. The molecule has 0 bridgehead atoms. The third-order valence-electron chi connectivity index (χ3n) is 3.04. The molecule has 0 saturated carbocycles. The molecule has 1 amide bonds. The number of ether oxygens (including phenoxy) is 1. The number of aliphatic hydroxyl groups excluding tert-OH is 1. The van der Waals surface area contributed by atoms with Gasteiger partial charge in [-0.15, -0.1) is 11.3 Å². The Kier molecular flexibility index (Phi) is 5.91. The lowest BCUT2D eigenvalue weighted by Gasteiger charge is -2.14. The number of nitrogens with one attached hydrogen (secondary N) is 1. The van der Waals surface area contributed by atoms with Gasteiger partial charge >= 0.3 is 0 Å². The van der Waals surface area contributed by atoms with Crippen molar-refractivity contribution in [3.05, 3.63) is 40.9 Å². The van der Waals surface area contributed by atoms with Crippen LogP contribution in [0.3, 0.4) is 0 Å². The van der Waals surface area contributed by atoms with Gasteiger partial charge in [0, 0.05) is 11.1 Å². The number of carbonyl (C=O) groups excluding carboxylic acids is 1. The Morgan fingerprint density at radius 2 is 2.32 bits per heavy atom. The van der Waals surface area contributed by atoms with Crippen molar-refractivity contribution in [3.63, 3.8) is 0 Å². The lowest BCUT2D eigenvalue weighted by Crippen LogP contribution is -2.30. The van der Waals surface area contributed by atoms with E-state index < -0.39 is 6.10 Å². The topological polar surface area (TPSA) is 71.5 Å². The van der Waals surface area contributed by atoms with Crippen molar-refractivity contribution >= 4 is 22.4 Å². The summed E-state index contributed by atoms with van der Waals surface area (Å²) in [6, 6.07) is 7.05. The molecular formula is C16H20N2O3S. The van der Waals surface area contributed by atoms with Crippen LogP contribution in [0.15, 0.2) is 30.5 Å². The molecule has 2 aromatic rings. The van der Waals surface area contributed by atoms with Gasteiger partial charge in [-0.05, 0) is 31.0 Å². The molecule has 1 atom stereocenters. The summed E-state index contributed by atoms with van der Waals surface area (Å²) in [6.07, 6.45) is 3.16. The van der Waals surface area contributed by atoms with Crippen molar-refractivity contribution < 1.29 is 14.6 Å². The van der Waals surface area contributed by atoms with Crippen LogP contribution in [0, 0.1) is 0 Å². The van der Waals surface area contributed by atoms with Crippen LogP contribution >= 0.6 is 11.3 Å².